The van der Waals surface area contributed by atoms with Crippen molar-refractivity contribution in [3.05, 3.63) is 89.3 Å². The maximum absolute atomic E-state index is 14.3. The van der Waals surface area contributed by atoms with Crippen LogP contribution in [0, 0.1) is 5.82 Å². The van der Waals surface area contributed by atoms with E-state index in [4.69, 9.17) is 9.47 Å². The summed E-state index contributed by atoms with van der Waals surface area (Å²) in [5.74, 6) is -0.600. The Morgan fingerprint density at radius 1 is 1.07 bits per heavy atom. The van der Waals surface area contributed by atoms with Gasteiger partial charge in [0.15, 0.2) is 6.04 Å². The summed E-state index contributed by atoms with van der Waals surface area (Å²) in [6.07, 6.45) is -0.692. The first-order chi connectivity index (χ1) is 20.2. The average molecular weight is 582 g/mol. The highest BCUT2D eigenvalue weighted by molar-refractivity contribution is 5.78. The van der Waals surface area contributed by atoms with Crippen molar-refractivity contribution in [2.75, 3.05) is 13.2 Å². The molecule has 5 rings (SSSR count). The van der Waals surface area contributed by atoms with E-state index < -0.39 is 29.6 Å². The fourth-order valence-electron chi connectivity index (χ4n) is 4.61. The van der Waals surface area contributed by atoms with Crippen LogP contribution in [-0.2, 0) is 22.3 Å². The summed E-state index contributed by atoms with van der Waals surface area (Å²) in [7, 11) is 0. The van der Waals surface area contributed by atoms with Crippen LogP contribution in [0.3, 0.4) is 0 Å². The molecule has 0 fully saturated rings. The van der Waals surface area contributed by atoms with E-state index in [1.54, 1.807) is 42.3 Å². The number of aromatic amines is 1. The van der Waals surface area contributed by atoms with E-state index in [1.807, 2.05) is 6.92 Å². The fourth-order valence-corrected chi connectivity index (χ4v) is 4.61. The first-order valence-corrected chi connectivity index (χ1v) is 13.3. The number of H-pyrrole nitrogens is 1. The Kier molecular flexibility index (Phi) is 8.23. The van der Waals surface area contributed by atoms with Crippen LogP contribution in [-0.4, -0.2) is 44.2 Å². The number of hydrogen-bond donors (Lipinski definition) is 1. The number of imidazole rings is 1. The van der Waals surface area contributed by atoms with Gasteiger partial charge in [0, 0.05) is 11.8 Å². The zero-order valence-electron chi connectivity index (χ0n) is 22.8. The van der Waals surface area contributed by atoms with Crippen molar-refractivity contribution in [3.63, 3.8) is 0 Å². The van der Waals surface area contributed by atoms with Gasteiger partial charge in [0.05, 0.1) is 53.7 Å². The number of fused-ring (bicyclic) bond motifs is 1. The summed E-state index contributed by atoms with van der Waals surface area (Å²) in [4.78, 5) is 22.3. The molecule has 2 aromatic carbocycles. The number of hydrogen-bond acceptors (Lipinski definition) is 7. The van der Waals surface area contributed by atoms with Gasteiger partial charge >= 0.3 is 12.1 Å². The Balaban J connectivity index is 1.44. The Hall–Kier alpha value is -4.74. The minimum absolute atomic E-state index is 0.0182. The summed E-state index contributed by atoms with van der Waals surface area (Å²) < 4.78 is 66.8. The van der Waals surface area contributed by atoms with Crippen molar-refractivity contribution >= 4 is 12.0 Å². The lowest BCUT2D eigenvalue weighted by Crippen LogP contribution is -2.33. The third kappa shape index (κ3) is 5.97. The molecule has 1 unspecified atom stereocenters. The van der Waals surface area contributed by atoms with Crippen LogP contribution in [0.15, 0.2) is 60.8 Å². The molecule has 1 aliphatic heterocycles. The lowest BCUT2D eigenvalue weighted by molar-refractivity contribution is -0.149. The molecule has 12 heteroatoms. The topological polar surface area (TPSA) is 93.2 Å². The molecule has 0 saturated heterocycles. The van der Waals surface area contributed by atoms with E-state index in [2.05, 4.69) is 20.2 Å². The molecular weight excluding hydrogens is 554 g/mol. The van der Waals surface area contributed by atoms with Gasteiger partial charge in [-0.05, 0) is 61.9 Å². The number of esters is 1. The predicted molar refractivity (Wildman–Crippen MR) is 146 cm³/mol. The van der Waals surface area contributed by atoms with Gasteiger partial charge in [-0.1, -0.05) is 19.1 Å². The Bertz CT molecular complexity index is 1600. The van der Waals surface area contributed by atoms with Crippen LogP contribution in [0.1, 0.15) is 49.0 Å². The number of carbonyl (C=O) groups excluding carboxylic acids is 1. The van der Waals surface area contributed by atoms with Gasteiger partial charge < -0.3 is 19.4 Å². The number of nitrogens with zero attached hydrogens (tertiary/aromatic N) is 4. The summed E-state index contributed by atoms with van der Waals surface area (Å²) in [5, 5.41) is 8.21. The first kappa shape index (κ1) is 28.8. The predicted octanol–water partition coefficient (Wildman–Crippen LogP) is 6.57. The van der Waals surface area contributed by atoms with Crippen molar-refractivity contribution in [1.82, 2.24) is 25.1 Å². The van der Waals surface area contributed by atoms with Gasteiger partial charge in [0.2, 0.25) is 0 Å². The molecule has 3 heterocycles. The minimum atomic E-state index is -4.66. The molecular formula is C30H27F4N5O3. The highest BCUT2D eigenvalue weighted by Gasteiger charge is 2.36. The maximum atomic E-state index is 14.3. The van der Waals surface area contributed by atoms with Gasteiger partial charge in [0.25, 0.3) is 0 Å². The van der Waals surface area contributed by atoms with Crippen molar-refractivity contribution in [2.45, 2.75) is 39.0 Å². The van der Waals surface area contributed by atoms with E-state index in [0.717, 1.165) is 6.07 Å². The molecule has 0 bridgehead atoms. The Morgan fingerprint density at radius 3 is 2.57 bits per heavy atom. The van der Waals surface area contributed by atoms with E-state index in [-0.39, 0.29) is 42.5 Å². The monoisotopic (exact) mass is 581 g/mol. The number of nitrogens with one attached hydrogen (secondary N) is 1. The summed E-state index contributed by atoms with van der Waals surface area (Å²) in [6.45, 7) is 4.09. The molecule has 42 heavy (non-hydrogen) atoms. The van der Waals surface area contributed by atoms with Crippen molar-refractivity contribution < 1.29 is 31.8 Å². The minimum Gasteiger partial charge on any atom is -0.494 e. The van der Waals surface area contributed by atoms with Gasteiger partial charge in [-0.2, -0.15) is 23.4 Å². The molecule has 0 radical (unpaired) electrons. The highest BCUT2D eigenvalue weighted by atomic mass is 19.4. The van der Waals surface area contributed by atoms with E-state index >= 15 is 0 Å². The quantitative estimate of drug-likeness (QED) is 0.177. The normalized spacial score (nSPS) is 13.5. The number of ether oxygens (including phenoxy) is 2. The Labute approximate surface area is 239 Å². The zero-order valence-corrected chi connectivity index (χ0v) is 22.8. The van der Waals surface area contributed by atoms with Crippen LogP contribution in [0.4, 0.5) is 17.6 Å². The number of alkyl halides is 3. The maximum Gasteiger partial charge on any atom is 0.417 e. The van der Waals surface area contributed by atoms with E-state index in [9.17, 15) is 22.4 Å². The molecule has 4 aromatic rings. The molecule has 0 saturated carbocycles. The van der Waals surface area contributed by atoms with E-state index in [0.29, 0.717) is 29.2 Å². The molecule has 0 amide bonds. The van der Waals surface area contributed by atoms with Gasteiger partial charge in [-0.25, -0.2) is 14.2 Å². The van der Waals surface area contributed by atoms with Crippen molar-refractivity contribution in [3.8, 4) is 28.4 Å². The standard InChI is InChI=1S/C30H27F4N5O3/c1-3-15-42-18-9-10-19(21(16-18)30(32,33)34)23-11-12-25(38-37-23)27(29(40)41-4-2)39-14-13-24-26(17-39)36-28(35-24)20-7-5-6-8-22(20)31/h5-14,16,27H,3-4,15,17H2,1-2H3,(H,35,36). The van der Waals surface area contributed by atoms with Crippen LogP contribution < -0.4 is 4.74 Å². The van der Waals surface area contributed by atoms with Crippen LogP contribution >= 0.6 is 0 Å². The fraction of sp³-hybridized carbons (Fsp3) is 0.267. The highest BCUT2D eigenvalue weighted by Crippen LogP contribution is 2.39. The Morgan fingerprint density at radius 2 is 1.88 bits per heavy atom. The molecule has 0 aliphatic carbocycles. The number of halogens is 4. The van der Waals surface area contributed by atoms with Crippen molar-refractivity contribution in [1.29, 1.82) is 0 Å². The second-order valence-electron chi connectivity index (χ2n) is 9.47. The largest absolute Gasteiger partial charge is 0.494 e. The number of benzene rings is 2. The number of carbonyl (C=O) groups is 1. The number of aromatic nitrogens is 4. The summed E-state index contributed by atoms with van der Waals surface area (Å²) >= 11 is 0. The molecule has 2 aromatic heterocycles. The molecule has 1 aliphatic rings. The third-order valence-corrected chi connectivity index (χ3v) is 6.56. The molecule has 218 valence electrons. The lowest BCUT2D eigenvalue weighted by atomic mass is 10.0. The van der Waals surface area contributed by atoms with Crippen LogP contribution in [0.5, 0.6) is 5.75 Å². The average Bonchev–Trinajstić information content (AvgIpc) is 3.40. The third-order valence-electron chi connectivity index (χ3n) is 6.56. The molecule has 0 spiro atoms. The summed E-state index contributed by atoms with van der Waals surface area (Å²) in [5.41, 5.74) is 0.606. The second kappa shape index (κ2) is 12.0. The molecule has 1 atom stereocenters. The van der Waals surface area contributed by atoms with Gasteiger partial charge in [-0.15, -0.1) is 0 Å². The molecule has 8 nitrogen and oxygen atoms in total. The first-order valence-electron chi connectivity index (χ1n) is 13.3. The SMILES string of the molecule is CCCOc1ccc(-c2ccc(C(C(=O)OCC)N3C=Cc4nc(-c5ccccc5F)[nH]c4C3)nn2)c(C(F)(F)F)c1. The number of rotatable bonds is 9. The van der Waals surface area contributed by atoms with Crippen LogP contribution in [0.2, 0.25) is 0 Å². The smallest absolute Gasteiger partial charge is 0.417 e. The summed E-state index contributed by atoms with van der Waals surface area (Å²) in [6, 6.07) is 11.7. The zero-order chi connectivity index (χ0) is 29.9. The van der Waals surface area contributed by atoms with E-state index in [1.165, 1.54) is 30.3 Å². The van der Waals surface area contributed by atoms with Crippen LogP contribution in [0.25, 0.3) is 28.7 Å². The van der Waals surface area contributed by atoms with Crippen molar-refractivity contribution in [2.24, 2.45) is 0 Å². The lowest BCUT2D eigenvalue weighted by Gasteiger charge is -2.30. The van der Waals surface area contributed by atoms with Gasteiger partial charge in [0.1, 0.15) is 17.4 Å². The molecule has 1 N–H and O–H groups in total. The van der Waals surface area contributed by atoms with Gasteiger partial charge in [-0.3, -0.25) is 0 Å². The second-order valence-corrected chi connectivity index (χ2v) is 9.47.